The van der Waals surface area contributed by atoms with Gasteiger partial charge in [-0.05, 0) is 50.0 Å². The van der Waals surface area contributed by atoms with Crippen molar-refractivity contribution < 1.29 is 18.8 Å². The second-order valence-electron chi connectivity index (χ2n) is 11.0. The predicted molar refractivity (Wildman–Crippen MR) is 158 cm³/mol. The Morgan fingerprint density at radius 2 is 2.07 bits per heavy atom. The van der Waals surface area contributed by atoms with Gasteiger partial charge in [-0.2, -0.15) is 0 Å². The Balaban J connectivity index is 1.25. The first kappa shape index (κ1) is 27.2. The quantitative estimate of drug-likeness (QED) is 0.392. The molecule has 1 saturated carbocycles. The third-order valence-corrected chi connectivity index (χ3v) is 8.41. The number of nitrogens with zero attached hydrogens (tertiary/aromatic N) is 3. The molecule has 9 heteroatoms. The standard InChI is InChI=1S/C32H39N5O4/c1-22-35-30(31(23-8-4-3-5-9-23)37(22)28-11-7-6-10-24(28)21-39-2)32(38)36-16-15-33-20-26(36)14-17-40-27-12-13-29-25(18-27)19-34-41-29/h3-5,8-9,12-13,18-19,21-22,26,28,33,35H,6-7,10-11,14-17,20H2,1-2H3/t22?,26-,28-/m1/s1. The molecule has 3 aromatic rings. The third-order valence-electron chi connectivity index (χ3n) is 8.41. The molecule has 6 rings (SSSR count). The summed E-state index contributed by atoms with van der Waals surface area (Å²) in [4.78, 5) is 18.8. The minimum absolute atomic E-state index is 0.0184. The number of methoxy groups -OCH3 is 1. The van der Waals surface area contributed by atoms with Gasteiger partial charge in [0.05, 0.1) is 44.1 Å². The van der Waals surface area contributed by atoms with Gasteiger partial charge in [0.15, 0.2) is 5.58 Å². The van der Waals surface area contributed by atoms with Crippen LogP contribution in [0.4, 0.5) is 0 Å². The van der Waals surface area contributed by atoms with Crippen LogP contribution in [0.1, 0.15) is 44.6 Å². The summed E-state index contributed by atoms with van der Waals surface area (Å²) < 4.78 is 16.8. The Morgan fingerprint density at radius 3 is 2.93 bits per heavy atom. The topological polar surface area (TPSA) is 92.1 Å². The highest BCUT2D eigenvalue weighted by atomic mass is 16.5. The Labute approximate surface area is 241 Å². The number of hydrogen-bond donors (Lipinski definition) is 2. The molecule has 0 bridgehead atoms. The van der Waals surface area contributed by atoms with Crippen LogP contribution in [0, 0.1) is 0 Å². The van der Waals surface area contributed by atoms with Crippen LogP contribution in [-0.4, -0.2) is 72.5 Å². The van der Waals surface area contributed by atoms with Gasteiger partial charge in [-0.3, -0.25) is 4.79 Å². The summed E-state index contributed by atoms with van der Waals surface area (Å²) in [5.41, 5.74) is 4.73. The highest BCUT2D eigenvalue weighted by Gasteiger charge is 2.41. The van der Waals surface area contributed by atoms with E-state index in [1.54, 1.807) is 13.3 Å². The summed E-state index contributed by atoms with van der Waals surface area (Å²) >= 11 is 0. The summed E-state index contributed by atoms with van der Waals surface area (Å²) in [6, 6.07) is 16.2. The molecule has 2 fully saturated rings. The van der Waals surface area contributed by atoms with Crippen molar-refractivity contribution in [3.8, 4) is 5.75 Å². The number of nitrogens with one attached hydrogen (secondary N) is 2. The molecule has 3 atom stereocenters. The van der Waals surface area contributed by atoms with Gasteiger partial charge in [0.25, 0.3) is 5.91 Å². The molecule has 3 heterocycles. The fraction of sp³-hybridized carbons (Fsp3) is 0.438. The van der Waals surface area contributed by atoms with Crippen molar-refractivity contribution >= 4 is 22.6 Å². The molecule has 1 amide bonds. The maximum Gasteiger partial charge on any atom is 0.272 e. The van der Waals surface area contributed by atoms with E-state index < -0.39 is 0 Å². The van der Waals surface area contributed by atoms with Gasteiger partial charge in [0.2, 0.25) is 0 Å². The van der Waals surface area contributed by atoms with E-state index in [0.29, 0.717) is 18.8 Å². The third kappa shape index (κ3) is 5.63. The number of amides is 1. The largest absolute Gasteiger partial charge is 0.504 e. The molecule has 216 valence electrons. The summed E-state index contributed by atoms with van der Waals surface area (Å²) in [5, 5.41) is 11.8. The SMILES string of the molecule is COC=C1CCCC[C@H]1N1C(c2ccccc2)=C(C(=O)N2CCNC[C@H]2CCOc2ccc3oncc3c2)NC1C. The average molecular weight is 558 g/mol. The van der Waals surface area contributed by atoms with Crippen LogP contribution in [0.5, 0.6) is 5.75 Å². The molecule has 9 nitrogen and oxygen atoms in total. The van der Waals surface area contributed by atoms with E-state index in [2.05, 4.69) is 39.7 Å². The molecule has 2 aliphatic heterocycles. The Bertz CT molecular complexity index is 1420. The number of rotatable bonds is 8. The van der Waals surface area contributed by atoms with Gasteiger partial charge in [0.1, 0.15) is 11.4 Å². The summed E-state index contributed by atoms with van der Waals surface area (Å²) in [6.07, 6.45) is 8.66. The fourth-order valence-electron chi connectivity index (χ4n) is 6.46. The molecule has 3 aliphatic rings. The fourth-order valence-corrected chi connectivity index (χ4v) is 6.46. The van der Waals surface area contributed by atoms with Crippen LogP contribution in [0.2, 0.25) is 0 Å². The van der Waals surface area contributed by atoms with Crippen molar-refractivity contribution in [2.24, 2.45) is 0 Å². The monoisotopic (exact) mass is 557 g/mol. The Morgan fingerprint density at radius 1 is 1.20 bits per heavy atom. The van der Waals surface area contributed by atoms with Gasteiger partial charge in [-0.25, -0.2) is 0 Å². The summed E-state index contributed by atoms with van der Waals surface area (Å²) in [7, 11) is 1.72. The van der Waals surface area contributed by atoms with E-state index >= 15 is 0 Å². The Hall–Kier alpha value is -3.98. The lowest BCUT2D eigenvalue weighted by Crippen LogP contribution is -2.55. The molecular formula is C32H39N5O4. The number of aromatic nitrogens is 1. The lowest BCUT2D eigenvalue weighted by molar-refractivity contribution is -0.130. The van der Waals surface area contributed by atoms with E-state index in [9.17, 15) is 4.79 Å². The van der Waals surface area contributed by atoms with Crippen molar-refractivity contribution in [2.45, 2.75) is 57.3 Å². The second kappa shape index (κ2) is 12.3. The van der Waals surface area contributed by atoms with Crippen LogP contribution in [0.3, 0.4) is 0 Å². The zero-order valence-electron chi connectivity index (χ0n) is 23.8. The molecule has 0 radical (unpaired) electrons. The number of fused-ring (bicyclic) bond motifs is 1. The molecular weight excluding hydrogens is 518 g/mol. The van der Waals surface area contributed by atoms with Crippen molar-refractivity contribution in [2.75, 3.05) is 33.4 Å². The van der Waals surface area contributed by atoms with Crippen LogP contribution in [-0.2, 0) is 9.53 Å². The average Bonchev–Trinajstić information content (AvgIpc) is 3.62. The molecule has 0 spiro atoms. The highest BCUT2D eigenvalue weighted by Crippen LogP contribution is 2.39. The Kier molecular flexibility index (Phi) is 8.14. The van der Waals surface area contributed by atoms with Crippen molar-refractivity contribution in [1.29, 1.82) is 0 Å². The van der Waals surface area contributed by atoms with E-state index in [1.807, 2.05) is 47.6 Å². The molecule has 2 N–H and O–H groups in total. The minimum Gasteiger partial charge on any atom is -0.504 e. The summed E-state index contributed by atoms with van der Waals surface area (Å²) in [6.45, 7) is 4.80. The maximum absolute atomic E-state index is 14.4. The molecule has 1 aliphatic carbocycles. The first-order chi connectivity index (χ1) is 20.1. The van der Waals surface area contributed by atoms with Crippen LogP contribution < -0.4 is 15.4 Å². The molecule has 41 heavy (non-hydrogen) atoms. The predicted octanol–water partition coefficient (Wildman–Crippen LogP) is 4.49. The molecule has 1 unspecified atom stereocenters. The van der Waals surface area contributed by atoms with Gasteiger partial charge < -0.3 is 34.4 Å². The number of carbonyl (C=O) groups excluding carboxylic acids is 1. The van der Waals surface area contributed by atoms with E-state index in [1.165, 1.54) is 5.57 Å². The van der Waals surface area contributed by atoms with Gasteiger partial charge in [-0.15, -0.1) is 0 Å². The minimum atomic E-state index is -0.0236. The van der Waals surface area contributed by atoms with Crippen LogP contribution in [0.15, 0.2) is 76.8 Å². The lowest BCUT2D eigenvalue weighted by Gasteiger charge is -2.39. The molecule has 1 aromatic heterocycles. The first-order valence-corrected chi connectivity index (χ1v) is 14.7. The number of piperazine rings is 1. The second-order valence-corrected chi connectivity index (χ2v) is 11.0. The molecule has 1 saturated heterocycles. The van der Waals surface area contributed by atoms with Gasteiger partial charge in [0, 0.05) is 43.0 Å². The zero-order valence-corrected chi connectivity index (χ0v) is 23.8. The number of carbonyl (C=O) groups is 1. The lowest BCUT2D eigenvalue weighted by atomic mass is 9.88. The van der Waals surface area contributed by atoms with E-state index in [4.69, 9.17) is 14.0 Å². The van der Waals surface area contributed by atoms with Crippen molar-refractivity contribution in [3.63, 3.8) is 0 Å². The summed E-state index contributed by atoms with van der Waals surface area (Å²) in [5.74, 6) is 0.814. The normalized spacial score (nSPS) is 24.1. The number of benzene rings is 2. The highest BCUT2D eigenvalue weighted by molar-refractivity contribution is 6.01. The first-order valence-electron chi connectivity index (χ1n) is 14.7. The van der Waals surface area contributed by atoms with Crippen molar-refractivity contribution in [3.05, 3.63) is 77.8 Å². The zero-order chi connectivity index (χ0) is 28.2. The van der Waals surface area contributed by atoms with E-state index in [0.717, 1.165) is 73.2 Å². The maximum atomic E-state index is 14.4. The number of ether oxygens (including phenoxy) is 2. The van der Waals surface area contributed by atoms with E-state index in [-0.39, 0.29) is 24.2 Å². The van der Waals surface area contributed by atoms with Crippen molar-refractivity contribution in [1.82, 2.24) is 25.6 Å². The van der Waals surface area contributed by atoms with Crippen LogP contribution >= 0.6 is 0 Å². The number of hydrogen-bond acceptors (Lipinski definition) is 8. The van der Waals surface area contributed by atoms with Gasteiger partial charge >= 0.3 is 0 Å². The smallest absolute Gasteiger partial charge is 0.272 e. The van der Waals surface area contributed by atoms with Gasteiger partial charge in [-0.1, -0.05) is 41.9 Å². The van der Waals surface area contributed by atoms with Crippen LogP contribution in [0.25, 0.3) is 16.7 Å². The molecule has 2 aromatic carbocycles.